The van der Waals surface area contributed by atoms with Gasteiger partial charge in [-0.1, -0.05) is 0 Å². The van der Waals surface area contributed by atoms with Crippen LogP contribution in [0.2, 0.25) is 0 Å². The first kappa shape index (κ1) is 14.9. The zero-order valence-electron chi connectivity index (χ0n) is 11.5. The first-order valence-electron chi connectivity index (χ1n) is 6.06. The molecule has 6 heteroatoms. The molecule has 1 amide bonds. The summed E-state index contributed by atoms with van der Waals surface area (Å²) in [5.41, 5.74) is -0.638. The SMILES string of the molecule is CC(C)N(C(=O)c1cccc(C(=O)O)[n+]1[O-])C(C)C. The summed E-state index contributed by atoms with van der Waals surface area (Å²) < 4.78 is 0.169. The highest BCUT2D eigenvalue weighted by Gasteiger charge is 2.29. The van der Waals surface area contributed by atoms with E-state index < -0.39 is 17.6 Å². The predicted octanol–water partition coefficient (Wildman–Crippen LogP) is 1.28. The number of carbonyl (C=O) groups is 2. The number of rotatable bonds is 4. The molecule has 19 heavy (non-hydrogen) atoms. The molecule has 0 unspecified atom stereocenters. The van der Waals surface area contributed by atoms with Crippen LogP contribution in [0.15, 0.2) is 18.2 Å². The third-order valence-electron chi connectivity index (χ3n) is 2.73. The van der Waals surface area contributed by atoms with Crippen LogP contribution in [-0.4, -0.2) is 34.0 Å². The van der Waals surface area contributed by atoms with Gasteiger partial charge in [0.25, 0.3) is 5.69 Å². The van der Waals surface area contributed by atoms with Crippen molar-refractivity contribution in [2.24, 2.45) is 0 Å². The minimum absolute atomic E-state index is 0.0824. The van der Waals surface area contributed by atoms with E-state index in [9.17, 15) is 14.8 Å². The number of carbonyl (C=O) groups excluding carboxylic acids is 1. The maximum absolute atomic E-state index is 12.3. The highest BCUT2D eigenvalue weighted by molar-refractivity contribution is 5.92. The summed E-state index contributed by atoms with van der Waals surface area (Å²) in [4.78, 5) is 24.8. The van der Waals surface area contributed by atoms with Crippen LogP contribution < -0.4 is 4.73 Å². The van der Waals surface area contributed by atoms with Crippen molar-refractivity contribution in [3.8, 4) is 0 Å². The van der Waals surface area contributed by atoms with Gasteiger partial charge in [0.05, 0.1) is 0 Å². The number of aromatic carboxylic acids is 1. The number of hydrogen-bond acceptors (Lipinski definition) is 3. The van der Waals surface area contributed by atoms with Crippen molar-refractivity contribution in [1.82, 2.24) is 4.90 Å². The van der Waals surface area contributed by atoms with Gasteiger partial charge >= 0.3 is 17.6 Å². The van der Waals surface area contributed by atoms with Crippen LogP contribution in [0.3, 0.4) is 0 Å². The van der Waals surface area contributed by atoms with Crippen molar-refractivity contribution in [1.29, 1.82) is 0 Å². The number of amides is 1. The summed E-state index contributed by atoms with van der Waals surface area (Å²) in [7, 11) is 0. The van der Waals surface area contributed by atoms with Crippen molar-refractivity contribution in [3.05, 3.63) is 34.8 Å². The average molecular weight is 266 g/mol. The van der Waals surface area contributed by atoms with Crippen LogP contribution in [0, 0.1) is 5.21 Å². The highest BCUT2D eigenvalue weighted by atomic mass is 16.5. The monoisotopic (exact) mass is 266 g/mol. The van der Waals surface area contributed by atoms with E-state index in [1.54, 1.807) is 0 Å². The van der Waals surface area contributed by atoms with Crippen LogP contribution in [0.25, 0.3) is 0 Å². The second kappa shape index (κ2) is 5.69. The zero-order valence-corrected chi connectivity index (χ0v) is 11.5. The van der Waals surface area contributed by atoms with E-state index in [-0.39, 0.29) is 22.5 Å². The Morgan fingerprint density at radius 1 is 1.16 bits per heavy atom. The average Bonchev–Trinajstić information content (AvgIpc) is 2.27. The van der Waals surface area contributed by atoms with Gasteiger partial charge in [0.2, 0.25) is 0 Å². The van der Waals surface area contributed by atoms with Crippen LogP contribution in [0.4, 0.5) is 0 Å². The topological polar surface area (TPSA) is 84.5 Å². The molecule has 1 aromatic rings. The van der Waals surface area contributed by atoms with Crippen LogP contribution >= 0.6 is 0 Å². The summed E-state index contributed by atoms with van der Waals surface area (Å²) in [6, 6.07) is 3.73. The molecule has 0 saturated heterocycles. The molecule has 0 saturated carbocycles. The Kier molecular flexibility index (Phi) is 4.47. The van der Waals surface area contributed by atoms with E-state index in [1.165, 1.54) is 23.1 Å². The summed E-state index contributed by atoms with van der Waals surface area (Å²) in [6.45, 7) is 7.37. The summed E-state index contributed by atoms with van der Waals surface area (Å²) >= 11 is 0. The van der Waals surface area contributed by atoms with Gasteiger partial charge in [-0.3, -0.25) is 4.79 Å². The van der Waals surface area contributed by atoms with Gasteiger partial charge in [0.1, 0.15) is 0 Å². The first-order valence-corrected chi connectivity index (χ1v) is 6.06. The van der Waals surface area contributed by atoms with Gasteiger partial charge in [0, 0.05) is 24.2 Å². The number of pyridine rings is 1. The second-order valence-corrected chi connectivity index (χ2v) is 4.80. The van der Waals surface area contributed by atoms with Gasteiger partial charge < -0.3 is 15.2 Å². The number of aromatic nitrogens is 1. The molecule has 104 valence electrons. The molecule has 1 aromatic heterocycles. The molecule has 0 radical (unpaired) electrons. The molecule has 0 bridgehead atoms. The molecule has 1 rings (SSSR count). The van der Waals surface area contributed by atoms with E-state index in [0.717, 1.165) is 0 Å². The van der Waals surface area contributed by atoms with Gasteiger partial charge in [0.15, 0.2) is 0 Å². The third kappa shape index (κ3) is 3.01. The fourth-order valence-corrected chi connectivity index (χ4v) is 2.01. The molecule has 6 nitrogen and oxygen atoms in total. The highest BCUT2D eigenvalue weighted by Crippen LogP contribution is 2.10. The second-order valence-electron chi connectivity index (χ2n) is 4.80. The summed E-state index contributed by atoms with van der Waals surface area (Å²) in [6.07, 6.45) is 0. The fraction of sp³-hybridized carbons (Fsp3) is 0.462. The Morgan fingerprint density at radius 2 is 1.63 bits per heavy atom. The molecule has 0 aliphatic heterocycles. The minimum atomic E-state index is -1.36. The third-order valence-corrected chi connectivity index (χ3v) is 2.73. The normalized spacial score (nSPS) is 10.8. The Labute approximate surface area is 111 Å². The largest absolute Gasteiger partial charge is 0.618 e. The van der Waals surface area contributed by atoms with Crippen LogP contribution in [0.1, 0.15) is 48.7 Å². The van der Waals surface area contributed by atoms with E-state index in [4.69, 9.17) is 5.11 Å². The molecule has 0 aromatic carbocycles. The van der Waals surface area contributed by atoms with Gasteiger partial charge in [-0.25, -0.2) is 4.79 Å². The summed E-state index contributed by atoms with van der Waals surface area (Å²) in [5, 5.41) is 20.8. The summed E-state index contributed by atoms with van der Waals surface area (Å²) in [5.74, 6) is -1.83. The van der Waals surface area contributed by atoms with Gasteiger partial charge in [-0.2, -0.15) is 4.73 Å². The molecular weight excluding hydrogens is 248 g/mol. The zero-order chi connectivity index (χ0) is 14.7. The van der Waals surface area contributed by atoms with Crippen LogP contribution in [0.5, 0.6) is 0 Å². The van der Waals surface area contributed by atoms with Crippen molar-refractivity contribution in [3.63, 3.8) is 0 Å². The smallest absolute Gasteiger partial charge is 0.402 e. The van der Waals surface area contributed by atoms with Gasteiger partial charge in [-0.05, 0) is 33.8 Å². The lowest BCUT2D eigenvalue weighted by Crippen LogP contribution is -2.49. The number of nitrogens with zero attached hydrogens (tertiary/aromatic N) is 2. The number of hydrogen-bond donors (Lipinski definition) is 1. The van der Waals surface area contributed by atoms with Gasteiger partial charge in [-0.15, -0.1) is 0 Å². The standard InChI is InChI=1S/C13H18N2O4/c1-8(2)14(9(3)4)12(16)10-6-5-7-11(13(17)18)15(10)19/h5-9H,1-4H3,(H,17,18). The number of carboxylic acid groups (broad SMARTS) is 1. The molecule has 0 spiro atoms. The molecule has 0 aliphatic carbocycles. The maximum atomic E-state index is 12.3. The Morgan fingerprint density at radius 3 is 2.05 bits per heavy atom. The molecule has 0 atom stereocenters. The van der Waals surface area contributed by atoms with Crippen molar-refractivity contribution in [2.45, 2.75) is 39.8 Å². The maximum Gasteiger partial charge on any atom is 0.402 e. The molecule has 0 fully saturated rings. The van der Waals surface area contributed by atoms with E-state index in [0.29, 0.717) is 0 Å². The Hall–Kier alpha value is -2.11. The first-order chi connectivity index (χ1) is 8.77. The Balaban J connectivity index is 3.26. The lowest BCUT2D eigenvalue weighted by molar-refractivity contribution is -0.611. The predicted molar refractivity (Wildman–Crippen MR) is 68.8 cm³/mol. The lowest BCUT2D eigenvalue weighted by Gasteiger charge is -2.29. The molecule has 1 N–H and O–H groups in total. The molecule has 1 heterocycles. The van der Waals surface area contributed by atoms with E-state index in [1.807, 2.05) is 27.7 Å². The van der Waals surface area contributed by atoms with Crippen LogP contribution in [-0.2, 0) is 0 Å². The van der Waals surface area contributed by atoms with E-state index >= 15 is 0 Å². The molecular formula is C13H18N2O4. The van der Waals surface area contributed by atoms with Crippen molar-refractivity contribution >= 4 is 11.9 Å². The van der Waals surface area contributed by atoms with Crippen molar-refractivity contribution in [2.75, 3.05) is 0 Å². The minimum Gasteiger partial charge on any atom is -0.618 e. The fourth-order valence-electron chi connectivity index (χ4n) is 2.01. The lowest BCUT2D eigenvalue weighted by atomic mass is 10.2. The van der Waals surface area contributed by atoms with Crippen molar-refractivity contribution < 1.29 is 19.4 Å². The van der Waals surface area contributed by atoms with E-state index in [2.05, 4.69) is 0 Å². The Bertz CT molecular complexity index is 489. The quantitative estimate of drug-likeness (QED) is 0.657. The molecule has 0 aliphatic rings. The number of carboxylic acids is 1.